The smallest absolute Gasteiger partial charge is 0.407 e. The number of carbonyl (C=O) groups excluding carboxylic acids is 1. The summed E-state index contributed by atoms with van der Waals surface area (Å²) in [5.74, 6) is 0.626. The number of halogens is 1. The highest BCUT2D eigenvalue weighted by atomic mass is 19.1. The number of amides is 1. The molecule has 3 aromatic rings. The molecular formula is C21H26FN7O3. The summed E-state index contributed by atoms with van der Waals surface area (Å²) in [5, 5.41) is 13.1. The van der Waals surface area contributed by atoms with Gasteiger partial charge < -0.3 is 20.1 Å². The van der Waals surface area contributed by atoms with E-state index in [0.717, 1.165) is 24.2 Å². The highest BCUT2D eigenvalue weighted by Gasteiger charge is 2.43. The number of aromatic amines is 1. The van der Waals surface area contributed by atoms with E-state index in [4.69, 9.17) is 9.47 Å². The fraction of sp³-hybridized carbons (Fsp3) is 0.524. The van der Waals surface area contributed by atoms with Crippen LogP contribution >= 0.6 is 0 Å². The molecule has 0 aliphatic heterocycles. The summed E-state index contributed by atoms with van der Waals surface area (Å²) < 4.78 is 27.4. The largest absolute Gasteiger partial charge is 0.443 e. The molecule has 3 aromatic heterocycles. The van der Waals surface area contributed by atoms with Crippen molar-refractivity contribution < 1.29 is 18.7 Å². The fourth-order valence-electron chi connectivity index (χ4n) is 4.08. The minimum Gasteiger partial charge on any atom is -0.443 e. The van der Waals surface area contributed by atoms with Crippen molar-refractivity contribution in [3.05, 3.63) is 35.9 Å². The van der Waals surface area contributed by atoms with Gasteiger partial charge in [-0.15, -0.1) is 0 Å². The molecule has 3 atom stereocenters. The summed E-state index contributed by atoms with van der Waals surface area (Å²) in [6.45, 7) is 2.35. The van der Waals surface area contributed by atoms with Crippen molar-refractivity contribution in [2.45, 2.75) is 62.9 Å². The number of anilines is 2. The second-order valence-corrected chi connectivity index (χ2v) is 8.75. The lowest BCUT2D eigenvalue weighted by atomic mass is 10.0. The van der Waals surface area contributed by atoms with Crippen molar-refractivity contribution in [2.75, 3.05) is 12.4 Å². The average Bonchev–Trinajstić information content (AvgIpc) is 3.12. The normalized spacial score (nSPS) is 23.9. The SMILES string of the molecule is COCc1cn2c(Nc3cc([C@H]4CC[C@@H](OC(=O)NC5(C)CC5)[C@H]4F)[nH]n3)nccc2n1. The van der Waals surface area contributed by atoms with E-state index >= 15 is 4.39 Å². The number of hydrogen-bond donors (Lipinski definition) is 3. The van der Waals surface area contributed by atoms with E-state index in [0.29, 0.717) is 36.9 Å². The first-order valence-electron chi connectivity index (χ1n) is 10.7. The summed E-state index contributed by atoms with van der Waals surface area (Å²) >= 11 is 0. The fourth-order valence-corrected chi connectivity index (χ4v) is 4.08. The molecular weight excluding hydrogens is 417 g/mol. The Morgan fingerprint density at radius 1 is 1.41 bits per heavy atom. The Labute approximate surface area is 183 Å². The third-order valence-corrected chi connectivity index (χ3v) is 6.12. The predicted octanol–water partition coefficient (Wildman–Crippen LogP) is 3.21. The average molecular weight is 443 g/mol. The maximum absolute atomic E-state index is 15.1. The summed E-state index contributed by atoms with van der Waals surface area (Å²) in [7, 11) is 1.61. The topological polar surface area (TPSA) is 118 Å². The van der Waals surface area contributed by atoms with Crippen LogP contribution < -0.4 is 10.6 Å². The van der Waals surface area contributed by atoms with Gasteiger partial charge in [0.2, 0.25) is 5.95 Å². The first-order valence-corrected chi connectivity index (χ1v) is 10.7. The molecule has 0 radical (unpaired) electrons. The van der Waals surface area contributed by atoms with Crippen molar-refractivity contribution in [2.24, 2.45) is 0 Å². The number of carbonyl (C=O) groups is 1. The Bertz CT molecular complexity index is 1130. The first kappa shape index (κ1) is 20.7. The lowest BCUT2D eigenvalue weighted by Gasteiger charge is -2.19. The minimum absolute atomic E-state index is 0.193. The van der Waals surface area contributed by atoms with Gasteiger partial charge >= 0.3 is 6.09 Å². The number of fused-ring (bicyclic) bond motifs is 1. The van der Waals surface area contributed by atoms with Gasteiger partial charge in [0, 0.05) is 42.7 Å². The molecule has 2 aliphatic carbocycles. The van der Waals surface area contributed by atoms with E-state index in [9.17, 15) is 4.79 Å². The van der Waals surface area contributed by atoms with Crippen LogP contribution in [0.25, 0.3) is 5.65 Å². The number of H-pyrrole nitrogens is 1. The molecule has 1 amide bonds. The lowest BCUT2D eigenvalue weighted by molar-refractivity contribution is 0.0546. The van der Waals surface area contributed by atoms with E-state index in [-0.39, 0.29) is 5.54 Å². The Hall–Kier alpha value is -3.21. The molecule has 2 saturated carbocycles. The lowest BCUT2D eigenvalue weighted by Crippen LogP contribution is -2.38. The number of methoxy groups -OCH3 is 1. The quantitative estimate of drug-likeness (QED) is 0.513. The Morgan fingerprint density at radius 3 is 3.03 bits per heavy atom. The van der Waals surface area contributed by atoms with Crippen LogP contribution in [0.3, 0.4) is 0 Å². The molecule has 5 rings (SSSR count). The van der Waals surface area contributed by atoms with Crippen LogP contribution in [0.2, 0.25) is 0 Å². The summed E-state index contributed by atoms with van der Waals surface area (Å²) in [6.07, 6.45) is 3.77. The standard InChI is InChI=1S/C21H26FN7O3/c1-21(6-7-21)26-20(30)32-15-4-3-13(18(15)22)14-9-16(28-27-14)25-19-23-8-5-17-24-12(11-31-2)10-29(17)19/h5,8-10,13,15,18H,3-4,6-7,11H2,1-2H3,(H,26,30)(H2,23,25,27,28)/t13-,15-,18+/m1/s1. The van der Waals surface area contributed by atoms with Crippen LogP contribution in [0.5, 0.6) is 0 Å². The van der Waals surface area contributed by atoms with Crippen molar-refractivity contribution in [1.29, 1.82) is 0 Å². The Morgan fingerprint density at radius 2 is 2.25 bits per heavy atom. The van der Waals surface area contributed by atoms with E-state index in [1.54, 1.807) is 29.8 Å². The number of alkyl carbamates (subject to hydrolysis) is 1. The minimum atomic E-state index is -1.30. The Balaban J connectivity index is 1.25. The Kier molecular flexibility index (Phi) is 5.20. The molecule has 0 spiro atoms. The van der Waals surface area contributed by atoms with Gasteiger partial charge in [0.05, 0.1) is 12.3 Å². The highest BCUT2D eigenvalue weighted by Crippen LogP contribution is 2.39. The summed E-state index contributed by atoms with van der Waals surface area (Å²) in [4.78, 5) is 20.9. The zero-order valence-corrected chi connectivity index (χ0v) is 18.0. The van der Waals surface area contributed by atoms with Crippen LogP contribution in [0.1, 0.15) is 49.9 Å². The maximum atomic E-state index is 15.1. The first-order chi connectivity index (χ1) is 15.4. The van der Waals surface area contributed by atoms with E-state index in [2.05, 4.69) is 30.8 Å². The molecule has 3 heterocycles. The molecule has 3 N–H and O–H groups in total. The number of alkyl halides is 1. The molecule has 0 bridgehead atoms. The van der Waals surface area contributed by atoms with Crippen molar-refractivity contribution in [3.63, 3.8) is 0 Å². The second-order valence-electron chi connectivity index (χ2n) is 8.75. The van der Waals surface area contributed by atoms with Crippen molar-refractivity contribution >= 4 is 23.5 Å². The van der Waals surface area contributed by atoms with Crippen molar-refractivity contribution in [3.8, 4) is 0 Å². The van der Waals surface area contributed by atoms with Crippen LogP contribution in [-0.2, 0) is 16.1 Å². The summed E-state index contributed by atoms with van der Waals surface area (Å²) in [6, 6.07) is 3.56. The second kappa shape index (κ2) is 8.05. The molecule has 2 aliphatic rings. The van der Waals surface area contributed by atoms with E-state index < -0.39 is 24.3 Å². The zero-order valence-electron chi connectivity index (χ0n) is 18.0. The van der Waals surface area contributed by atoms with Gasteiger partial charge in [-0.3, -0.25) is 9.50 Å². The monoisotopic (exact) mass is 443 g/mol. The molecule has 2 fully saturated rings. The predicted molar refractivity (Wildman–Crippen MR) is 113 cm³/mol. The van der Waals surface area contributed by atoms with Gasteiger partial charge in [0.15, 0.2) is 5.82 Å². The molecule has 0 unspecified atom stereocenters. The molecule has 32 heavy (non-hydrogen) atoms. The molecule has 0 saturated heterocycles. The molecule has 10 nitrogen and oxygen atoms in total. The van der Waals surface area contributed by atoms with Crippen LogP contribution in [0, 0.1) is 0 Å². The number of ether oxygens (including phenoxy) is 2. The molecule has 170 valence electrons. The van der Waals surface area contributed by atoms with Crippen molar-refractivity contribution in [1.82, 2.24) is 29.9 Å². The number of imidazole rings is 1. The van der Waals surface area contributed by atoms with Gasteiger partial charge in [-0.05, 0) is 38.7 Å². The van der Waals surface area contributed by atoms with E-state index in [1.807, 2.05) is 13.1 Å². The van der Waals surface area contributed by atoms with Gasteiger partial charge in [0.25, 0.3) is 0 Å². The highest BCUT2D eigenvalue weighted by molar-refractivity contribution is 5.69. The number of nitrogens with one attached hydrogen (secondary N) is 3. The number of hydrogen-bond acceptors (Lipinski definition) is 7. The number of rotatable bonds is 7. The zero-order chi connectivity index (χ0) is 22.3. The van der Waals surface area contributed by atoms with Gasteiger partial charge in [0.1, 0.15) is 17.9 Å². The number of nitrogens with zero attached hydrogens (tertiary/aromatic N) is 4. The molecule has 0 aromatic carbocycles. The van der Waals surface area contributed by atoms with E-state index in [1.165, 1.54) is 0 Å². The van der Waals surface area contributed by atoms with Gasteiger partial charge in [-0.1, -0.05) is 0 Å². The number of aromatic nitrogens is 5. The summed E-state index contributed by atoms with van der Waals surface area (Å²) in [5.41, 5.74) is 1.96. The van der Waals surface area contributed by atoms with Crippen LogP contribution in [0.4, 0.5) is 21.0 Å². The maximum Gasteiger partial charge on any atom is 0.407 e. The van der Waals surface area contributed by atoms with Gasteiger partial charge in [-0.25, -0.2) is 19.2 Å². The third kappa shape index (κ3) is 4.12. The van der Waals surface area contributed by atoms with Crippen LogP contribution in [0.15, 0.2) is 24.5 Å². The molecule has 11 heteroatoms. The van der Waals surface area contributed by atoms with Gasteiger partial charge in [-0.2, -0.15) is 5.10 Å². The third-order valence-electron chi connectivity index (χ3n) is 6.12. The van der Waals surface area contributed by atoms with Crippen LogP contribution in [-0.4, -0.2) is 55.6 Å².